The van der Waals surface area contributed by atoms with Gasteiger partial charge in [-0.3, -0.25) is 9.69 Å². The van der Waals surface area contributed by atoms with Crippen LogP contribution in [-0.4, -0.2) is 34.1 Å². The fraction of sp³-hybridized carbons (Fsp3) is 0.917. The van der Waals surface area contributed by atoms with E-state index in [4.69, 9.17) is 0 Å². The smallest absolute Gasteiger partial charge is 0.324 e. The highest BCUT2D eigenvalue weighted by atomic mass is 16.4. The quantitative estimate of drug-likeness (QED) is 0.706. The van der Waals surface area contributed by atoms with E-state index in [1.165, 1.54) is 12.8 Å². The van der Waals surface area contributed by atoms with E-state index < -0.39 is 11.5 Å². The molecular weight excluding hydrogens is 190 g/mol. The summed E-state index contributed by atoms with van der Waals surface area (Å²) in [6.45, 7) is 7.01. The summed E-state index contributed by atoms with van der Waals surface area (Å²) in [4.78, 5) is 13.7. The summed E-state index contributed by atoms with van der Waals surface area (Å²) in [5.41, 5.74) is -0.614. The molecule has 0 atom stereocenters. The molecule has 1 N–H and O–H groups in total. The van der Waals surface area contributed by atoms with Crippen LogP contribution in [-0.2, 0) is 4.79 Å². The van der Waals surface area contributed by atoms with E-state index in [1.807, 2.05) is 13.8 Å². The molecule has 0 radical (unpaired) electrons. The Morgan fingerprint density at radius 1 is 1.33 bits per heavy atom. The van der Waals surface area contributed by atoms with Crippen LogP contribution in [0.25, 0.3) is 0 Å². The Morgan fingerprint density at radius 2 is 1.87 bits per heavy atom. The Kier molecular flexibility index (Phi) is 4.14. The molecule has 0 aromatic heterocycles. The van der Waals surface area contributed by atoms with Gasteiger partial charge in [0.1, 0.15) is 5.54 Å². The van der Waals surface area contributed by atoms with Crippen LogP contribution in [0.3, 0.4) is 0 Å². The first-order valence-corrected chi connectivity index (χ1v) is 6.12. The molecule has 0 saturated heterocycles. The highest BCUT2D eigenvalue weighted by Crippen LogP contribution is 2.36. The highest BCUT2D eigenvalue weighted by Gasteiger charge is 2.46. The third-order valence-electron chi connectivity index (χ3n) is 3.57. The van der Waals surface area contributed by atoms with E-state index in [-0.39, 0.29) is 0 Å². The number of hydrogen-bond acceptors (Lipinski definition) is 2. The van der Waals surface area contributed by atoms with Crippen LogP contribution < -0.4 is 0 Å². The third-order valence-corrected chi connectivity index (χ3v) is 3.57. The van der Waals surface area contributed by atoms with E-state index in [9.17, 15) is 9.90 Å². The molecule has 0 aromatic carbocycles. The second-order valence-electron chi connectivity index (χ2n) is 4.47. The zero-order valence-corrected chi connectivity index (χ0v) is 10.1. The first kappa shape index (κ1) is 12.5. The van der Waals surface area contributed by atoms with Gasteiger partial charge in [0, 0.05) is 6.04 Å². The maximum atomic E-state index is 11.5. The van der Waals surface area contributed by atoms with Crippen LogP contribution in [0.2, 0.25) is 0 Å². The van der Waals surface area contributed by atoms with Gasteiger partial charge in [-0.15, -0.1) is 0 Å². The van der Waals surface area contributed by atoms with Crippen LogP contribution in [0, 0.1) is 0 Å². The zero-order valence-electron chi connectivity index (χ0n) is 10.1. The maximum Gasteiger partial charge on any atom is 0.324 e. The normalized spacial score (nSPS) is 17.1. The Hall–Kier alpha value is -0.570. The molecule has 1 fully saturated rings. The lowest BCUT2D eigenvalue weighted by atomic mass is 9.90. The van der Waals surface area contributed by atoms with Crippen molar-refractivity contribution in [2.75, 3.05) is 6.54 Å². The van der Waals surface area contributed by atoms with Crippen molar-refractivity contribution in [3.8, 4) is 0 Å². The summed E-state index contributed by atoms with van der Waals surface area (Å²) < 4.78 is 0. The largest absolute Gasteiger partial charge is 0.480 e. The van der Waals surface area contributed by atoms with Crippen LogP contribution in [0.5, 0.6) is 0 Å². The molecule has 15 heavy (non-hydrogen) atoms. The summed E-state index contributed by atoms with van der Waals surface area (Å²) in [5.74, 6) is -0.646. The van der Waals surface area contributed by atoms with E-state index in [0.717, 1.165) is 13.0 Å². The second kappa shape index (κ2) is 4.97. The summed E-state index contributed by atoms with van der Waals surface area (Å²) in [6, 6.07) is 0.529. The van der Waals surface area contributed by atoms with Crippen LogP contribution in [0.4, 0.5) is 0 Å². The molecule has 1 aliphatic rings. The Morgan fingerprint density at radius 3 is 2.13 bits per heavy atom. The van der Waals surface area contributed by atoms with E-state index in [0.29, 0.717) is 18.9 Å². The summed E-state index contributed by atoms with van der Waals surface area (Å²) in [5, 5.41) is 9.46. The van der Waals surface area contributed by atoms with Gasteiger partial charge in [0.05, 0.1) is 0 Å². The van der Waals surface area contributed by atoms with Crippen molar-refractivity contribution in [2.24, 2.45) is 0 Å². The number of carboxylic acids is 1. The zero-order chi connectivity index (χ0) is 11.5. The van der Waals surface area contributed by atoms with Crippen molar-refractivity contribution in [1.82, 2.24) is 4.90 Å². The van der Waals surface area contributed by atoms with Gasteiger partial charge in [0.25, 0.3) is 0 Å². The van der Waals surface area contributed by atoms with Gasteiger partial charge in [-0.25, -0.2) is 0 Å². The Labute approximate surface area is 92.5 Å². The average Bonchev–Trinajstić information content (AvgIpc) is 3.02. The SMILES string of the molecule is CCCN(C1CC1)C(CC)(CC)C(=O)O. The van der Waals surface area contributed by atoms with E-state index >= 15 is 0 Å². The number of nitrogens with zero attached hydrogens (tertiary/aromatic N) is 1. The molecule has 0 spiro atoms. The van der Waals surface area contributed by atoms with Gasteiger partial charge in [-0.2, -0.15) is 0 Å². The van der Waals surface area contributed by atoms with Gasteiger partial charge in [-0.1, -0.05) is 20.8 Å². The van der Waals surface area contributed by atoms with Crippen LogP contribution in [0.1, 0.15) is 52.9 Å². The molecule has 3 heteroatoms. The fourth-order valence-electron chi connectivity index (χ4n) is 2.45. The first-order chi connectivity index (χ1) is 7.12. The van der Waals surface area contributed by atoms with Gasteiger partial charge in [0.2, 0.25) is 0 Å². The summed E-state index contributed by atoms with van der Waals surface area (Å²) in [6.07, 6.45) is 4.79. The average molecular weight is 213 g/mol. The summed E-state index contributed by atoms with van der Waals surface area (Å²) in [7, 11) is 0. The molecule has 1 aliphatic carbocycles. The van der Waals surface area contributed by atoms with Crippen molar-refractivity contribution in [1.29, 1.82) is 0 Å². The first-order valence-electron chi connectivity index (χ1n) is 6.12. The molecular formula is C12H23NO2. The van der Waals surface area contributed by atoms with Crippen molar-refractivity contribution in [3.05, 3.63) is 0 Å². The second-order valence-corrected chi connectivity index (χ2v) is 4.47. The number of hydrogen-bond donors (Lipinski definition) is 1. The van der Waals surface area contributed by atoms with Crippen molar-refractivity contribution in [2.45, 2.75) is 64.5 Å². The number of aliphatic carboxylic acids is 1. The van der Waals surface area contributed by atoms with Crippen LogP contribution in [0.15, 0.2) is 0 Å². The minimum Gasteiger partial charge on any atom is -0.480 e. The standard InChI is InChI=1S/C12H23NO2/c1-4-9-13(10-7-8-10)12(5-2,6-3)11(14)15/h10H,4-9H2,1-3H3,(H,14,15). The van der Waals surface area contributed by atoms with Gasteiger partial charge >= 0.3 is 5.97 Å². The lowest BCUT2D eigenvalue weighted by Gasteiger charge is -2.39. The molecule has 88 valence electrons. The predicted octanol–water partition coefficient (Wildman–Crippen LogP) is 2.50. The molecule has 0 amide bonds. The molecule has 0 unspecified atom stereocenters. The third kappa shape index (κ3) is 2.33. The number of carbonyl (C=O) groups is 1. The van der Waals surface area contributed by atoms with Gasteiger partial charge < -0.3 is 5.11 Å². The molecule has 1 saturated carbocycles. The number of rotatable bonds is 7. The molecule has 0 heterocycles. The maximum absolute atomic E-state index is 11.5. The Bertz CT molecular complexity index is 220. The molecule has 0 bridgehead atoms. The fourth-order valence-corrected chi connectivity index (χ4v) is 2.45. The topological polar surface area (TPSA) is 40.5 Å². The van der Waals surface area contributed by atoms with Crippen LogP contribution >= 0.6 is 0 Å². The summed E-state index contributed by atoms with van der Waals surface area (Å²) >= 11 is 0. The van der Waals surface area contributed by atoms with Crippen molar-refractivity contribution >= 4 is 5.97 Å². The number of carboxylic acid groups (broad SMARTS) is 1. The molecule has 1 rings (SSSR count). The minimum atomic E-state index is -0.646. The highest BCUT2D eigenvalue weighted by molar-refractivity contribution is 5.78. The van der Waals surface area contributed by atoms with Gasteiger partial charge in [0.15, 0.2) is 0 Å². The molecule has 0 aliphatic heterocycles. The van der Waals surface area contributed by atoms with Crippen molar-refractivity contribution in [3.63, 3.8) is 0 Å². The lowest BCUT2D eigenvalue weighted by Crippen LogP contribution is -2.55. The van der Waals surface area contributed by atoms with Gasteiger partial charge in [-0.05, 0) is 38.6 Å². The monoisotopic (exact) mass is 213 g/mol. The Balaban J connectivity index is 2.86. The van der Waals surface area contributed by atoms with Crippen molar-refractivity contribution < 1.29 is 9.90 Å². The van der Waals surface area contributed by atoms with E-state index in [1.54, 1.807) is 0 Å². The van der Waals surface area contributed by atoms with E-state index in [2.05, 4.69) is 11.8 Å². The molecule has 3 nitrogen and oxygen atoms in total. The predicted molar refractivity (Wildman–Crippen MR) is 61.0 cm³/mol. The minimum absolute atomic E-state index is 0.529. The lowest BCUT2D eigenvalue weighted by molar-refractivity contribution is -0.153. The molecule has 0 aromatic rings.